The number of hydrogen-bond donors (Lipinski definition) is 1. The Morgan fingerprint density at radius 3 is 2.79 bits per heavy atom. The van der Waals surface area contributed by atoms with Crippen LogP contribution in [0.1, 0.15) is 62.1 Å². The van der Waals surface area contributed by atoms with Gasteiger partial charge in [-0.3, -0.25) is 10.3 Å². The van der Waals surface area contributed by atoms with Gasteiger partial charge in [0.25, 0.3) is 0 Å². The zero-order valence-corrected chi connectivity index (χ0v) is 14.9. The molecule has 0 aliphatic carbocycles. The van der Waals surface area contributed by atoms with Crippen molar-refractivity contribution in [3.05, 3.63) is 35.1 Å². The molecule has 6 nitrogen and oxygen atoms in total. The molecule has 0 saturated carbocycles. The Hall–Kier alpha value is -2.02. The third-order valence-corrected chi connectivity index (χ3v) is 5.60. The van der Waals surface area contributed by atoms with Gasteiger partial charge >= 0.3 is 6.03 Å². The number of aromatic nitrogens is 3. The van der Waals surface area contributed by atoms with E-state index in [9.17, 15) is 4.79 Å². The molecule has 1 saturated heterocycles. The molecule has 24 heavy (non-hydrogen) atoms. The van der Waals surface area contributed by atoms with Crippen molar-refractivity contribution in [2.45, 2.75) is 51.5 Å². The molecule has 0 bridgehead atoms. The van der Waals surface area contributed by atoms with Crippen molar-refractivity contribution in [2.75, 3.05) is 11.9 Å². The molecular weight excluding hydrogens is 322 g/mol. The smallest absolute Gasteiger partial charge is 0.317 e. The molecule has 3 rings (SSSR count). The maximum atomic E-state index is 12.7. The summed E-state index contributed by atoms with van der Waals surface area (Å²) in [6.45, 7) is 5.06. The summed E-state index contributed by atoms with van der Waals surface area (Å²) in [4.78, 5) is 18.6. The maximum Gasteiger partial charge on any atom is 0.324 e. The van der Waals surface area contributed by atoms with Crippen LogP contribution in [0.25, 0.3) is 0 Å². The average Bonchev–Trinajstić information content (AvgIpc) is 3.26. The number of nitrogens with one attached hydrogen (secondary N) is 1. The third kappa shape index (κ3) is 3.56. The summed E-state index contributed by atoms with van der Waals surface area (Å²) in [7, 11) is 0. The Labute approximate surface area is 146 Å². The number of rotatable bonds is 5. The Morgan fingerprint density at radius 2 is 2.08 bits per heavy atom. The Bertz CT molecular complexity index is 671. The standard InChI is InChI=1S/C17H23N5OS/c1-3-12(4-2)15-20-21-16(24-15)19-17(23)22-11-5-6-14(22)13-7-9-18-10-8-13/h7-10,12,14H,3-6,11H2,1-2H3,(H,19,21,23)/t14-/m0/s1. The number of amides is 2. The van der Waals surface area contributed by atoms with E-state index in [-0.39, 0.29) is 12.1 Å². The first-order valence-electron chi connectivity index (χ1n) is 8.53. The minimum Gasteiger partial charge on any atom is -0.317 e. The van der Waals surface area contributed by atoms with Gasteiger partial charge in [-0.25, -0.2) is 4.79 Å². The first-order chi connectivity index (χ1) is 11.7. The fourth-order valence-electron chi connectivity index (χ4n) is 3.19. The summed E-state index contributed by atoms with van der Waals surface area (Å²) in [6.07, 6.45) is 7.61. The van der Waals surface area contributed by atoms with Crippen molar-refractivity contribution in [1.82, 2.24) is 20.1 Å². The molecule has 128 valence electrons. The molecule has 0 spiro atoms. The van der Waals surface area contributed by atoms with E-state index in [2.05, 4.69) is 34.3 Å². The molecule has 1 fully saturated rings. The summed E-state index contributed by atoms with van der Waals surface area (Å²) in [5.41, 5.74) is 1.13. The summed E-state index contributed by atoms with van der Waals surface area (Å²) in [5.74, 6) is 0.421. The first kappa shape index (κ1) is 16.8. The van der Waals surface area contributed by atoms with Crippen molar-refractivity contribution in [3.63, 3.8) is 0 Å². The average molecular weight is 345 g/mol. The predicted molar refractivity (Wildman–Crippen MR) is 95.2 cm³/mol. The van der Waals surface area contributed by atoms with E-state index in [1.54, 1.807) is 12.4 Å². The van der Waals surface area contributed by atoms with E-state index in [0.29, 0.717) is 11.0 Å². The minimum atomic E-state index is -0.0958. The Morgan fingerprint density at radius 1 is 1.33 bits per heavy atom. The summed E-state index contributed by atoms with van der Waals surface area (Å²) < 4.78 is 0. The van der Waals surface area contributed by atoms with Crippen LogP contribution in [0.2, 0.25) is 0 Å². The van der Waals surface area contributed by atoms with Crippen LogP contribution in [0.3, 0.4) is 0 Å². The van der Waals surface area contributed by atoms with Crippen LogP contribution in [0.15, 0.2) is 24.5 Å². The highest BCUT2D eigenvalue weighted by Crippen LogP contribution is 2.33. The highest BCUT2D eigenvalue weighted by atomic mass is 32.1. The zero-order valence-electron chi connectivity index (χ0n) is 14.1. The number of anilines is 1. The van der Waals surface area contributed by atoms with E-state index < -0.39 is 0 Å². The number of hydrogen-bond acceptors (Lipinski definition) is 5. The van der Waals surface area contributed by atoms with Crippen LogP contribution in [0.4, 0.5) is 9.93 Å². The number of carbonyl (C=O) groups is 1. The van der Waals surface area contributed by atoms with Crippen LogP contribution in [-0.2, 0) is 0 Å². The van der Waals surface area contributed by atoms with Gasteiger partial charge in [-0.05, 0) is 43.4 Å². The number of carbonyl (C=O) groups excluding carboxylic acids is 1. The van der Waals surface area contributed by atoms with E-state index in [1.165, 1.54) is 11.3 Å². The van der Waals surface area contributed by atoms with E-state index in [4.69, 9.17) is 0 Å². The predicted octanol–water partition coefficient (Wildman–Crippen LogP) is 4.21. The lowest BCUT2D eigenvalue weighted by Gasteiger charge is -2.24. The molecule has 0 unspecified atom stereocenters. The third-order valence-electron chi connectivity index (χ3n) is 4.59. The Balaban J connectivity index is 1.68. The lowest BCUT2D eigenvalue weighted by Crippen LogP contribution is -2.34. The van der Waals surface area contributed by atoms with E-state index in [1.807, 2.05) is 17.0 Å². The minimum absolute atomic E-state index is 0.0958. The summed E-state index contributed by atoms with van der Waals surface area (Å²) >= 11 is 1.48. The molecule has 1 aliphatic heterocycles. The summed E-state index contributed by atoms with van der Waals surface area (Å²) in [5, 5.41) is 12.9. The van der Waals surface area contributed by atoms with Crippen LogP contribution in [-0.4, -0.2) is 32.7 Å². The quantitative estimate of drug-likeness (QED) is 0.881. The molecule has 2 aromatic heterocycles. The normalized spacial score (nSPS) is 17.5. The second-order valence-electron chi connectivity index (χ2n) is 6.02. The van der Waals surface area contributed by atoms with Gasteiger partial charge in [-0.1, -0.05) is 25.2 Å². The fraction of sp³-hybridized carbons (Fsp3) is 0.529. The molecule has 0 radical (unpaired) electrons. The van der Waals surface area contributed by atoms with Crippen LogP contribution >= 0.6 is 11.3 Å². The highest BCUT2D eigenvalue weighted by molar-refractivity contribution is 7.15. The van der Waals surface area contributed by atoms with Gasteiger partial charge in [-0.2, -0.15) is 0 Å². The van der Waals surface area contributed by atoms with Crippen molar-refractivity contribution >= 4 is 22.5 Å². The number of urea groups is 1. The van der Waals surface area contributed by atoms with Crippen molar-refractivity contribution in [3.8, 4) is 0 Å². The monoisotopic (exact) mass is 345 g/mol. The second-order valence-corrected chi connectivity index (χ2v) is 7.03. The molecular formula is C17H23N5OS. The van der Waals surface area contributed by atoms with Gasteiger partial charge in [0.1, 0.15) is 5.01 Å². The van der Waals surface area contributed by atoms with Gasteiger partial charge < -0.3 is 4.90 Å². The molecule has 1 N–H and O–H groups in total. The van der Waals surface area contributed by atoms with Crippen molar-refractivity contribution in [2.24, 2.45) is 0 Å². The second kappa shape index (κ2) is 7.70. The lowest BCUT2D eigenvalue weighted by atomic mass is 10.1. The fourth-order valence-corrected chi connectivity index (χ4v) is 4.19. The first-order valence-corrected chi connectivity index (χ1v) is 9.35. The van der Waals surface area contributed by atoms with Crippen molar-refractivity contribution in [1.29, 1.82) is 0 Å². The SMILES string of the molecule is CCC(CC)c1nnc(NC(=O)N2CCC[C@H]2c2ccncc2)s1. The van der Waals surface area contributed by atoms with Gasteiger partial charge in [0.15, 0.2) is 0 Å². The molecule has 3 heterocycles. The van der Waals surface area contributed by atoms with E-state index in [0.717, 1.165) is 42.8 Å². The largest absolute Gasteiger partial charge is 0.324 e. The van der Waals surface area contributed by atoms with E-state index >= 15 is 0 Å². The number of pyridine rings is 1. The van der Waals surface area contributed by atoms with Crippen molar-refractivity contribution < 1.29 is 4.79 Å². The molecule has 7 heteroatoms. The van der Waals surface area contributed by atoms with Gasteiger partial charge in [0, 0.05) is 24.9 Å². The topological polar surface area (TPSA) is 71.0 Å². The molecule has 2 amide bonds. The molecule has 1 aliphatic rings. The Kier molecular flexibility index (Phi) is 5.40. The lowest BCUT2D eigenvalue weighted by molar-refractivity contribution is 0.207. The maximum absolute atomic E-state index is 12.7. The number of nitrogens with zero attached hydrogens (tertiary/aromatic N) is 4. The molecule has 1 atom stereocenters. The van der Waals surface area contributed by atoms with Crippen LogP contribution < -0.4 is 5.32 Å². The van der Waals surface area contributed by atoms with Gasteiger partial charge in [0.2, 0.25) is 5.13 Å². The van der Waals surface area contributed by atoms with Crippen LogP contribution in [0.5, 0.6) is 0 Å². The zero-order chi connectivity index (χ0) is 16.9. The summed E-state index contributed by atoms with van der Waals surface area (Å²) in [6, 6.07) is 3.97. The highest BCUT2D eigenvalue weighted by Gasteiger charge is 2.30. The number of likely N-dealkylation sites (tertiary alicyclic amines) is 1. The molecule has 2 aromatic rings. The van der Waals surface area contributed by atoms with Gasteiger partial charge in [0.05, 0.1) is 6.04 Å². The van der Waals surface area contributed by atoms with Crippen LogP contribution in [0, 0.1) is 0 Å². The molecule has 0 aromatic carbocycles. The van der Waals surface area contributed by atoms with Gasteiger partial charge in [-0.15, -0.1) is 10.2 Å².